The largest absolute Gasteiger partial charge is 0.461 e. The second kappa shape index (κ2) is 8.20. The molecule has 0 radical (unpaired) electrons. The van der Waals surface area contributed by atoms with Crippen molar-refractivity contribution in [3.8, 4) is 0 Å². The van der Waals surface area contributed by atoms with Crippen molar-refractivity contribution in [2.45, 2.75) is 26.7 Å². The van der Waals surface area contributed by atoms with Crippen molar-refractivity contribution in [3.63, 3.8) is 0 Å². The van der Waals surface area contributed by atoms with E-state index in [-0.39, 0.29) is 0 Å². The highest BCUT2D eigenvalue weighted by Gasteiger charge is 2.26. The Hall–Kier alpha value is -3.11. The normalized spacial score (nSPS) is 13.3. The lowest BCUT2D eigenvalue weighted by atomic mass is 10.0. The first kappa shape index (κ1) is 19.8. The average molecular weight is 453 g/mol. The number of nitrogens with zero attached hydrogens (tertiary/aromatic N) is 5. The lowest BCUT2D eigenvalue weighted by molar-refractivity contribution is 0.0520. The second-order valence-electron chi connectivity index (χ2n) is 7.08. The molecule has 1 aromatic carbocycles. The van der Waals surface area contributed by atoms with E-state index in [0.717, 1.165) is 56.8 Å². The summed E-state index contributed by atoms with van der Waals surface area (Å²) in [6.45, 7) is 4.94. The van der Waals surface area contributed by atoms with E-state index < -0.39 is 5.97 Å². The van der Waals surface area contributed by atoms with Gasteiger partial charge >= 0.3 is 5.97 Å². The Bertz CT molecular complexity index is 1230. The number of fused-ring (bicyclic) bond motifs is 2. The van der Waals surface area contributed by atoms with Crippen molar-refractivity contribution < 1.29 is 9.53 Å². The van der Waals surface area contributed by atoms with Crippen LogP contribution in [0.3, 0.4) is 0 Å². The van der Waals surface area contributed by atoms with Gasteiger partial charge in [0.05, 0.1) is 16.8 Å². The molecule has 5 rings (SSSR count). The van der Waals surface area contributed by atoms with Crippen molar-refractivity contribution in [1.29, 1.82) is 0 Å². The number of esters is 1. The summed E-state index contributed by atoms with van der Waals surface area (Å²) in [4.78, 5) is 23.1. The van der Waals surface area contributed by atoms with Crippen molar-refractivity contribution in [3.05, 3.63) is 46.5 Å². The zero-order valence-corrected chi connectivity index (χ0v) is 18.7. The van der Waals surface area contributed by atoms with E-state index in [1.54, 1.807) is 23.6 Å². The number of hydrogen-bond acceptors (Lipinski definition) is 10. The topological polar surface area (TPSA) is 93.1 Å². The monoisotopic (exact) mass is 452 g/mol. The maximum Gasteiger partial charge on any atom is 0.357 e. The molecule has 0 spiro atoms. The van der Waals surface area contributed by atoms with E-state index in [0.29, 0.717) is 18.1 Å². The van der Waals surface area contributed by atoms with E-state index in [9.17, 15) is 4.79 Å². The molecule has 0 fully saturated rings. The molecule has 1 aliphatic rings. The van der Waals surface area contributed by atoms with Gasteiger partial charge in [0, 0.05) is 23.1 Å². The number of para-hydroxylation sites is 1. The summed E-state index contributed by atoms with van der Waals surface area (Å²) in [5, 5.41) is 15.6. The Kier molecular flexibility index (Phi) is 5.24. The Labute approximate surface area is 186 Å². The standard InChI is InChI=1S/C21H20N6O2S2/c1-3-29-19(28)15-11-30-21(23-15)27-10-6-7-13-12(2)17(25-26-18(13)27)24-20-22-14-8-4-5-9-16(14)31-20/h4-5,8-9,11H,3,6-7,10H2,1-2H3,(H,22,24,25). The van der Waals surface area contributed by atoms with Crippen molar-refractivity contribution in [1.82, 2.24) is 20.2 Å². The van der Waals surface area contributed by atoms with Crippen molar-refractivity contribution >= 4 is 60.8 Å². The predicted octanol–water partition coefficient (Wildman–Crippen LogP) is 4.86. The molecule has 1 aliphatic heterocycles. The van der Waals surface area contributed by atoms with Crippen LogP contribution in [0.25, 0.3) is 10.2 Å². The number of carbonyl (C=O) groups is 1. The average Bonchev–Trinajstić information content (AvgIpc) is 3.42. The first-order chi connectivity index (χ1) is 15.1. The fourth-order valence-electron chi connectivity index (χ4n) is 3.60. The van der Waals surface area contributed by atoms with Gasteiger partial charge in [-0.15, -0.1) is 21.5 Å². The van der Waals surface area contributed by atoms with Crippen LogP contribution in [0.5, 0.6) is 0 Å². The van der Waals surface area contributed by atoms with Crippen LogP contribution in [0, 0.1) is 6.92 Å². The van der Waals surface area contributed by atoms with Gasteiger partial charge in [0.2, 0.25) is 0 Å². The van der Waals surface area contributed by atoms with Gasteiger partial charge in [0.1, 0.15) is 0 Å². The molecule has 8 nitrogen and oxygen atoms in total. The fraction of sp³-hybridized carbons (Fsp3) is 0.286. The molecule has 0 amide bonds. The molecular weight excluding hydrogens is 432 g/mol. The van der Waals surface area contributed by atoms with Gasteiger partial charge in [-0.2, -0.15) is 0 Å². The van der Waals surface area contributed by atoms with E-state index in [1.165, 1.54) is 11.3 Å². The molecule has 0 saturated carbocycles. The van der Waals surface area contributed by atoms with Crippen LogP contribution in [0.4, 0.5) is 21.9 Å². The van der Waals surface area contributed by atoms with Crippen LogP contribution < -0.4 is 10.2 Å². The second-order valence-corrected chi connectivity index (χ2v) is 8.95. The lowest BCUT2D eigenvalue weighted by Gasteiger charge is -2.28. The Morgan fingerprint density at radius 3 is 2.97 bits per heavy atom. The molecule has 3 aromatic heterocycles. The highest BCUT2D eigenvalue weighted by atomic mass is 32.1. The third-order valence-corrected chi connectivity index (χ3v) is 6.93. The SMILES string of the molecule is CCOC(=O)c1csc(N2CCCc3c2nnc(Nc2nc4ccccc4s2)c3C)n1. The molecule has 0 saturated heterocycles. The van der Waals surface area contributed by atoms with Gasteiger partial charge in [-0.25, -0.2) is 14.8 Å². The number of hydrogen-bond donors (Lipinski definition) is 1. The Balaban J connectivity index is 1.44. The van der Waals surface area contributed by atoms with Gasteiger partial charge in [0.25, 0.3) is 0 Å². The minimum absolute atomic E-state index is 0.327. The summed E-state index contributed by atoms with van der Waals surface area (Å²) < 4.78 is 6.18. The highest BCUT2D eigenvalue weighted by molar-refractivity contribution is 7.22. The van der Waals surface area contributed by atoms with Crippen LogP contribution in [0.15, 0.2) is 29.6 Å². The van der Waals surface area contributed by atoms with Crippen LogP contribution in [-0.4, -0.2) is 39.3 Å². The molecule has 158 valence electrons. The highest BCUT2D eigenvalue weighted by Crippen LogP contribution is 2.37. The van der Waals surface area contributed by atoms with Crippen LogP contribution >= 0.6 is 22.7 Å². The van der Waals surface area contributed by atoms with Crippen LogP contribution in [0.2, 0.25) is 0 Å². The number of aromatic nitrogens is 4. The van der Waals surface area contributed by atoms with Gasteiger partial charge in [-0.3, -0.25) is 0 Å². The molecule has 0 unspecified atom stereocenters. The van der Waals surface area contributed by atoms with Gasteiger partial charge in [-0.1, -0.05) is 23.5 Å². The maximum absolute atomic E-state index is 12.0. The van der Waals surface area contributed by atoms with Crippen molar-refractivity contribution in [2.24, 2.45) is 0 Å². The van der Waals surface area contributed by atoms with Crippen LogP contribution in [-0.2, 0) is 11.2 Å². The smallest absolute Gasteiger partial charge is 0.357 e. The molecule has 0 atom stereocenters. The zero-order chi connectivity index (χ0) is 21.4. The fourth-order valence-corrected chi connectivity index (χ4v) is 5.29. The number of thiazole rings is 2. The minimum Gasteiger partial charge on any atom is -0.461 e. The summed E-state index contributed by atoms with van der Waals surface area (Å²) in [6, 6.07) is 8.05. The van der Waals surface area contributed by atoms with Crippen LogP contribution in [0.1, 0.15) is 35.0 Å². The summed E-state index contributed by atoms with van der Waals surface area (Å²) in [5.41, 5.74) is 3.48. The number of nitrogens with one attached hydrogen (secondary N) is 1. The van der Waals surface area contributed by atoms with Gasteiger partial charge in [-0.05, 0) is 38.8 Å². The van der Waals surface area contributed by atoms with Gasteiger partial charge < -0.3 is 15.0 Å². The van der Waals surface area contributed by atoms with Gasteiger partial charge in [0.15, 0.2) is 27.6 Å². The first-order valence-electron chi connectivity index (χ1n) is 10.0. The maximum atomic E-state index is 12.0. The molecule has 10 heteroatoms. The number of benzene rings is 1. The molecule has 31 heavy (non-hydrogen) atoms. The summed E-state index contributed by atoms with van der Waals surface area (Å²) in [6.07, 6.45) is 1.88. The third kappa shape index (κ3) is 3.72. The minimum atomic E-state index is -0.403. The molecule has 1 N–H and O–H groups in total. The number of rotatable bonds is 5. The predicted molar refractivity (Wildman–Crippen MR) is 123 cm³/mol. The summed E-state index contributed by atoms with van der Waals surface area (Å²) in [7, 11) is 0. The quantitative estimate of drug-likeness (QED) is 0.429. The molecule has 0 bridgehead atoms. The van der Waals surface area contributed by atoms with E-state index in [2.05, 4.69) is 38.5 Å². The number of anilines is 4. The molecule has 4 heterocycles. The van der Waals surface area contributed by atoms with E-state index >= 15 is 0 Å². The van der Waals surface area contributed by atoms with Crippen molar-refractivity contribution in [2.75, 3.05) is 23.4 Å². The third-order valence-electron chi connectivity index (χ3n) is 5.11. The molecule has 4 aromatic rings. The summed E-state index contributed by atoms with van der Waals surface area (Å²) >= 11 is 3.00. The first-order valence-corrected chi connectivity index (χ1v) is 11.7. The number of carbonyl (C=O) groups excluding carboxylic acids is 1. The number of ether oxygens (including phenoxy) is 1. The lowest BCUT2D eigenvalue weighted by Crippen LogP contribution is -2.27. The van der Waals surface area contributed by atoms with E-state index in [4.69, 9.17) is 4.74 Å². The Morgan fingerprint density at radius 1 is 1.26 bits per heavy atom. The Morgan fingerprint density at radius 2 is 2.13 bits per heavy atom. The molecule has 0 aliphatic carbocycles. The molecular formula is C21H20N6O2S2. The van der Waals surface area contributed by atoms with E-state index in [1.807, 2.05) is 23.1 Å². The summed E-state index contributed by atoms with van der Waals surface area (Å²) in [5.74, 6) is 1.11. The zero-order valence-electron chi connectivity index (χ0n) is 17.1.